The van der Waals surface area contributed by atoms with Crippen molar-refractivity contribution in [3.63, 3.8) is 0 Å². The molecule has 22 heavy (non-hydrogen) atoms. The van der Waals surface area contributed by atoms with Crippen molar-refractivity contribution in [3.8, 4) is 0 Å². The third-order valence-corrected chi connectivity index (χ3v) is 4.89. The second-order valence-electron chi connectivity index (χ2n) is 4.97. The first-order chi connectivity index (χ1) is 10.6. The van der Waals surface area contributed by atoms with E-state index in [0.717, 1.165) is 12.8 Å². The van der Waals surface area contributed by atoms with E-state index in [1.165, 1.54) is 11.3 Å². The van der Waals surface area contributed by atoms with E-state index in [0.29, 0.717) is 15.6 Å². The molecule has 1 aromatic heterocycles. The molecule has 1 aliphatic carbocycles. The lowest BCUT2D eigenvalue weighted by Gasteiger charge is -2.08. The normalized spacial score (nSPS) is 13.7. The number of rotatable bonds is 4. The molecule has 114 valence electrons. The van der Waals surface area contributed by atoms with Crippen LogP contribution in [0.25, 0.3) is 0 Å². The van der Waals surface area contributed by atoms with Crippen LogP contribution in [0.15, 0.2) is 29.6 Å². The SMILES string of the molecule is O=C(NC1CC1)c1ccsc1NC(=O)c1cccc(Cl)c1Cl. The van der Waals surface area contributed by atoms with Gasteiger partial charge in [-0.05, 0) is 36.4 Å². The van der Waals surface area contributed by atoms with Gasteiger partial charge < -0.3 is 10.6 Å². The predicted molar refractivity (Wildman–Crippen MR) is 89.2 cm³/mol. The number of benzene rings is 1. The van der Waals surface area contributed by atoms with Gasteiger partial charge >= 0.3 is 0 Å². The van der Waals surface area contributed by atoms with Crippen molar-refractivity contribution >= 4 is 51.4 Å². The Morgan fingerprint density at radius 3 is 2.59 bits per heavy atom. The molecule has 1 fully saturated rings. The Morgan fingerprint density at radius 1 is 1.09 bits per heavy atom. The minimum absolute atomic E-state index is 0.170. The van der Waals surface area contributed by atoms with E-state index in [2.05, 4.69) is 10.6 Å². The van der Waals surface area contributed by atoms with Gasteiger partial charge in [0, 0.05) is 6.04 Å². The predicted octanol–water partition coefficient (Wildman–Crippen LogP) is 4.20. The Morgan fingerprint density at radius 2 is 1.86 bits per heavy atom. The maximum Gasteiger partial charge on any atom is 0.257 e. The second-order valence-corrected chi connectivity index (χ2v) is 6.67. The van der Waals surface area contributed by atoms with Gasteiger partial charge in [0.05, 0.1) is 21.2 Å². The lowest BCUT2D eigenvalue weighted by molar-refractivity contribution is 0.0952. The number of halogens is 2. The summed E-state index contributed by atoms with van der Waals surface area (Å²) >= 11 is 13.2. The molecule has 0 saturated heterocycles. The van der Waals surface area contributed by atoms with Crippen LogP contribution in [-0.2, 0) is 0 Å². The number of hydrogen-bond acceptors (Lipinski definition) is 3. The standard InChI is InChI=1S/C15H12Cl2N2O2S/c16-11-3-1-2-9(12(11)17)13(20)19-15-10(6-7-22-15)14(21)18-8-4-5-8/h1-3,6-8H,4-5H2,(H,18,21)(H,19,20). The first-order valence-electron chi connectivity index (χ1n) is 6.70. The molecule has 0 unspecified atom stereocenters. The van der Waals surface area contributed by atoms with E-state index < -0.39 is 5.91 Å². The minimum Gasteiger partial charge on any atom is -0.349 e. The van der Waals surface area contributed by atoms with Crippen LogP contribution in [0.4, 0.5) is 5.00 Å². The molecule has 1 heterocycles. The largest absolute Gasteiger partial charge is 0.349 e. The zero-order valence-corrected chi connectivity index (χ0v) is 13.7. The van der Waals surface area contributed by atoms with Crippen LogP contribution in [0.1, 0.15) is 33.6 Å². The first-order valence-corrected chi connectivity index (χ1v) is 8.33. The third-order valence-electron chi connectivity index (χ3n) is 3.25. The molecule has 1 aliphatic rings. The van der Waals surface area contributed by atoms with E-state index in [1.54, 1.807) is 29.6 Å². The summed E-state index contributed by atoms with van der Waals surface area (Å²) < 4.78 is 0. The number of hydrogen-bond donors (Lipinski definition) is 2. The number of carbonyl (C=O) groups is 2. The summed E-state index contributed by atoms with van der Waals surface area (Å²) in [6.45, 7) is 0. The maximum absolute atomic E-state index is 12.3. The highest BCUT2D eigenvalue weighted by Gasteiger charge is 2.25. The van der Waals surface area contributed by atoms with Crippen LogP contribution in [0.2, 0.25) is 10.0 Å². The zero-order chi connectivity index (χ0) is 15.7. The van der Waals surface area contributed by atoms with Gasteiger partial charge in [-0.3, -0.25) is 9.59 Å². The molecule has 2 N–H and O–H groups in total. The topological polar surface area (TPSA) is 58.2 Å². The van der Waals surface area contributed by atoms with E-state index in [4.69, 9.17) is 23.2 Å². The van der Waals surface area contributed by atoms with Crippen LogP contribution >= 0.6 is 34.5 Å². The lowest BCUT2D eigenvalue weighted by Crippen LogP contribution is -2.26. The maximum atomic E-state index is 12.3. The summed E-state index contributed by atoms with van der Waals surface area (Å²) in [6.07, 6.45) is 2.02. The van der Waals surface area contributed by atoms with E-state index in [1.807, 2.05) is 0 Å². The quantitative estimate of drug-likeness (QED) is 0.864. The molecule has 0 aliphatic heterocycles. The van der Waals surface area contributed by atoms with Gasteiger partial charge in [-0.1, -0.05) is 29.3 Å². The fourth-order valence-electron chi connectivity index (χ4n) is 1.93. The highest BCUT2D eigenvalue weighted by atomic mass is 35.5. The lowest BCUT2D eigenvalue weighted by atomic mass is 10.2. The number of anilines is 1. The molecule has 7 heteroatoms. The number of thiophene rings is 1. The molecule has 0 radical (unpaired) electrons. The Balaban J connectivity index is 1.78. The summed E-state index contributed by atoms with van der Waals surface area (Å²) in [4.78, 5) is 24.4. The first kappa shape index (κ1) is 15.3. The van der Waals surface area contributed by atoms with E-state index in [-0.39, 0.29) is 22.5 Å². The molecule has 1 aromatic carbocycles. The highest BCUT2D eigenvalue weighted by molar-refractivity contribution is 7.14. The fourth-order valence-corrected chi connectivity index (χ4v) is 3.09. The molecule has 1 saturated carbocycles. The molecule has 0 bridgehead atoms. The van der Waals surface area contributed by atoms with Crippen LogP contribution in [0.3, 0.4) is 0 Å². The Bertz CT molecular complexity index is 741. The van der Waals surface area contributed by atoms with E-state index in [9.17, 15) is 9.59 Å². The smallest absolute Gasteiger partial charge is 0.257 e. The summed E-state index contributed by atoms with van der Waals surface area (Å²) in [5.74, 6) is -0.563. The molecule has 2 aromatic rings. The Kier molecular flexibility index (Phi) is 4.38. The number of amides is 2. The molecule has 4 nitrogen and oxygen atoms in total. The average molecular weight is 355 g/mol. The van der Waals surface area contributed by atoms with Gasteiger partial charge in [0.15, 0.2) is 0 Å². The van der Waals surface area contributed by atoms with Crippen molar-refractivity contribution in [2.75, 3.05) is 5.32 Å². The van der Waals surface area contributed by atoms with Crippen molar-refractivity contribution in [2.24, 2.45) is 0 Å². The van der Waals surface area contributed by atoms with Gasteiger partial charge in [0.2, 0.25) is 0 Å². The molecule has 3 rings (SSSR count). The molecular formula is C15H12Cl2N2O2S. The molecule has 0 atom stereocenters. The monoisotopic (exact) mass is 354 g/mol. The summed E-state index contributed by atoms with van der Waals surface area (Å²) in [6, 6.07) is 6.80. The van der Waals surface area contributed by atoms with Gasteiger partial charge in [0.1, 0.15) is 5.00 Å². The van der Waals surface area contributed by atoms with Crippen molar-refractivity contribution in [3.05, 3.63) is 50.8 Å². The van der Waals surface area contributed by atoms with Gasteiger partial charge in [0.25, 0.3) is 11.8 Å². The second kappa shape index (κ2) is 6.28. The van der Waals surface area contributed by atoms with Crippen molar-refractivity contribution < 1.29 is 9.59 Å². The van der Waals surface area contributed by atoms with Gasteiger partial charge in [-0.25, -0.2) is 0 Å². The summed E-state index contributed by atoms with van der Waals surface area (Å²) in [5, 5.41) is 8.39. The highest BCUT2D eigenvalue weighted by Crippen LogP contribution is 2.29. The average Bonchev–Trinajstić information content (AvgIpc) is 3.17. The van der Waals surface area contributed by atoms with Crippen molar-refractivity contribution in [1.29, 1.82) is 0 Å². The summed E-state index contributed by atoms with van der Waals surface area (Å²) in [5.41, 5.74) is 0.736. The molecule has 2 amide bonds. The van der Waals surface area contributed by atoms with Gasteiger partial charge in [-0.15, -0.1) is 11.3 Å². The molecular weight excluding hydrogens is 343 g/mol. The van der Waals surface area contributed by atoms with Crippen LogP contribution in [0.5, 0.6) is 0 Å². The van der Waals surface area contributed by atoms with E-state index >= 15 is 0 Å². The van der Waals surface area contributed by atoms with Crippen LogP contribution < -0.4 is 10.6 Å². The van der Waals surface area contributed by atoms with Crippen molar-refractivity contribution in [2.45, 2.75) is 18.9 Å². The number of carbonyl (C=O) groups excluding carboxylic acids is 2. The Labute approximate surface area is 141 Å². The number of nitrogens with one attached hydrogen (secondary N) is 2. The van der Waals surface area contributed by atoms with Crippen LogP contribution in [0, 0.1) is 0 Å². The van der Waals surface area contributed by atoms with Crippen molar-refractivity contribution in [1.82, 2.24) is 5.32 Å². The zero-order valence-electron chi connectivity index (χ0n) is 11.4. The Hall–Kier alpha value is -1.56. The molecule has 0 spiro atoms. The summed E-state index contributed by atoms with van der Waals surface area (Å²) in [7, 11) is 0. The van der Waals surface area contributed by atoms with Crippen LogP contribution in [-0.4, -0.2) is 17.9 Å². The fraction of sp³-hybridized carbons (Fsp3) is 0.200. The third kappa shape index (κ3) is 3.27. The van der Waals surface area contributed by atoms with Gasteiger partial charge in [-0.2, -0.15) is 0 Å². The minimum atomic E-state index is -0.393.